The number of amides is 1. The van der Waals surface area contributed by atoms with Gasteiger partial charge in [-0.15, -0.1) is 11.8 Å². The van der Waals surface area contributed by atoms with Crippen molar-refractivity contribution >= 4 is 17.7 Å². The predicted molar refractivity (Wildman–Crippen MR) is 83.5 cm³/mol. The van der Waals surface area contributed by atoms with Crippen LogP contribution in [0.1, 0.15) is 10.4 Å². The van der Waals surface area contributed by atoms with Gasteiger partial charge in [-0.3, -0.25) is 4.79 Å². The van der Waals surface area contributed by atoms with Gasteiger partial charge in [0.05, 0.1) is 39.0 Å². The molecule has 1 aromatic carbocycles. The van der Waals surface area contributed by atoms with Crippen LogP contribution < -0.4 is 15.0 Å². The summed E-state index contributed by atoms with van der Waals surface area (Å²) < 4.78 is 10.6. The number of morpholine rings is 1. The third kappa shape index (κ3) is 4.62. The molecule has 1 amide bonds. The van der Waals surface area contributed by atoms with E-state index in [1.807, 2.05) is 24.5 Å². The lowest BCUT2D eigenvalue weighted by atomic mass is 10.2. The Morgan fingerprint density at radius 1 is 1.43 bits per heavy atom. The van der Waals surface area contributed by atoms with Crippen LogP contribution in [0.25, 0.3) is 0 Å². The maximum atomic E-state index is 12.2. The van der Waals surface area contributed by atoms with Gasteiger partial charge in [0.25, 0.3) is 5.91 Å². The molecule has 21 heavy (non-hydrogen) atoms. The Kier molecular flexibility index (Phi) is 6.35. The van der Waals surface area contributed by atoms with E-state index in [0.717, 1.165) is 37.7 Å². The summed E-state index contributed by atoms with van der Waals surface area (Å²) in [6.45, 7) is 5.26. The molecule has 2 rings (SSSR count). The highest BCUT2D eigenvalue weighted by Gasteiger charge is 2.15. The molecular weight excluding hydrogens is 288 g/mol. The van der Waals surface area contributed by atoms with Crippen LogP contribution in [0.15, 0.2) is 23.1 Å². The number of methoxy groups -OCH3 is 1. The first-order chi connectivity index (χ1) is 10.2. The molecule has 0 aliphatic carbocycles. The number of hydrogen-bond donors (Lipinski definition) is 2. The molecule has 1 aliphatic heterocycles. The van der Waals surface area contributed by atoms with Crippen molar-refractivity contribution in [1.82, 2.24) is 5.32 Å². The molecule has 0 spiro atoms. The first-order valence-electron chi connectivity index (χ1n) is 7.16. The van der Waals surface area contributed by atoms with Crippen molar-refractivity contribution in [3.63, 3.8) is 0 Å². The van der Waals surface area contributed by atoms with Gasteiger partial charge in [-0.1, -0.05) is 0 Å². The molecule has 2 N–H and O–H groups in total. The molecule has 1 saturated heterocycles. The average molecular weight is 311 g/mol. The average Bonchev–Trinajstić information content (AvgIpc) is 2.55. The van der Waals surface area contributed by atoms with E-state index in [2.05, 4.69) is 5.32 Å². The van der Waals surface area contributed by atoms with Crippen LogP contribution in [0.2, 0.25) is 0 Å². The predicted octanol–water partition coefficient (Wildman–Crippen LogP) is 0.0620. The quantitative estimate of drug-likeness (QED) is 0.730. The molecule has 0 bridgehead atoms. The fourth-order valence-corrected chi connectivity index (χ4v) is 2.77. The van der Waals surface area contributed by atoms with Gasteiger partial charge in [0, 0.05) is 4.90 Å². The highest BCUT2D eigenvalue weighted by Crippen LogP contribution is 2.25. The molecule has 116 valence electrons. The maximum Gasteiger partial charge on any atom is 0.255 e. The van der Waals surface area contributed by atoms with Crippen molar-refractivity contribution in [3.8, 4) is 5.75 Å². The summed E-state index contributed by atoms with van der Waals surface area (Å²) in [6, 6.07) is 5.66. The van der Waals surface area contributed by atoms with E-state index in [4.69, 9.17) is 9.47 Å². The molecule has 0 atom stereocenters. The largest absolute Gasteiger partial charge is 0.496 e. The molecule has 0 saturated carbocycles. The molecule has 1 fully saturated rings. The zero-order chi connectivity index (χ0) is 15.1. The normalized spacial score (nSPS) is 15.7. The van der Waals surface area contributed by atoms with Crippen LogP contribution in [0, 0.1) is 0 Å². The van der Waals surface area contributed by atoms with Crippen LogP contribution in [-0.2, 0) is 4.74 Å². The fraction of sp³-hybridized carbons (Fsp3) is 0.533. The number of rotatable bonds is 6. The number of quaternary nitrogens is 1. The number of nitrogens with one attached hydrogen (secondary N) is 2. The van der Waals surface area contributed by atoms with Crippen molar-refractivity contribution < 1.29 is 19.2 Å². The van der Waals surface area contributed by atoms with Gasteiger partial charge >= 0.3 is 0 Å². The summed E-state index contributed by atoms with van der Waals surface area (Å²) in [4.78, 5) is 14.8. The van der Waals surface area contributed by atoms with E-state index in [1.165, 1.54) is 4.90 Å². The smallest absolute Gasteiger partial charge is 0.255 e. The number of ether oxygens (including phenoxy) is 2. The molecule has 6 heteroatoms. The number of carbonyl (C=O) groups excluding carboxylic acids is 1. The molecule has 0 radical (unpaired) electrons. The van der Waals surface area contributed by atoms with Crippen LogP contribution >= 0.6 is 11.8 Å². The van der Waals surface area contributed by atoms with Gasteiger partial charge < -0.3 is 19.7 Å². The summed E-state index contributed by atoms with van der Waals surface area (Å²) in [6.07, 6.45) is 2.00. The highest BCUT2D eigenvalue weighted by atomic mass is 32.2. The number of hydrogen-bond acceptors (Lipinski definition) is 4. The van der Waals surface area contributed by atoms with E-state index < -0.39 is 0 Å². The standard InChI is InChI=1S/C15H22N2O3S/c1-19-14-11-12(21-2)3-4-13(14)15(18)16-5-6-17-7-9-20-10-8-17/h3-4,11H,5-10H2,1-2H3,(H,16,18)/p+1. The minimum Gasteiger partial charge on any atom is -0.496 e. The second kappa shape index (κ2) is 8.26. The first kappa shape index (κ1) is 16.1. The molecule has 1 aromatic rings. The second-order valence-electron chi connectivity index (χ2n) is 4.93. The summed E-state index contributed by atoms with van der Waals surface area (Å²) in [5.41, 5.74) is 0.590. The summed E-state index contributed by atoms with van der Waals surface area (Å²) in [7, 11) is 1.59. The zero-order valence-electron chi connectivity index (χ0n) is 12.6. The van der Waals surface area contributed by atoms with E-state index in [1.54, 1.807) is 18.9 Å². The van der Waals surface area contributed by atoms with E-state index in [0.29, 0.717) is 17.9 Å². The Balaban J connectivity index is 1.87. The number of thioether (sulfide) groups is 1. The molecular formula is C15H23N2O3S+. The lowest BCUT2D eigenvalue weighted by Gasteiger charge is -2.23. The van der Waals surface area contributed by atoms with Crippen LogP contribution in [0.4, 0.5) is 0 Å². The van der Waals surface area contributed by atoms with Crippen molar-refractivity contribution in [2.75, 3.05) is 52.8 Å². The van der Waals surface area contributed by atoms with Gasteiger partial charge in [0.2, 0.25) is 0 Å². The van der Waals surface area contributed by atoms with Crippen LogP contribution in [0.5, 0.6) is 5.75 Å². The summed E-state index contributed by atoms with van der Waals surface area (Å²) in [5.74, 6) is 0.547. The monoisotopic (exact) mass is 311 g/mol. The maximum absolute atomic E-state index is 12.2. The molecule has 0 aromatic heterocycles. The Morgan fingerprint density at radius 2 is 2.19 bits per heavy atom. The van der Waals surface area contributed by atoms with Gasteiger partial charge in [-0.05, 0) is 24.5 Å². The Bertz CT molecular complexity index is 476. The minimum absolute atomic E-state index is 0.0767. The lowest BCUT2D eigenvalue weighted by molar-refractivity contribution is -0.906. The van der Waals surface area contributed by atoms with Crippen LogP contribution in [-0.4, -0.2) is 58.7 Å². The Labute approximate surface area is 130 Å². The van der Waals surface area contributed by atoms with Gasteiger partial charge in [-0.25, -0.2) is 0 Å². The number of benzene rings is 1. The Morgan fingerprint density at radius 3 is 2.86 bits per heavy atom. The zero-order valence-corrected chi connectivity index (χ0v) is 13.4. The minimum atomic E-state index is -0.0767. The topological polar surface area (TPSA) is 52.0 Å². The van der Waals surface area contributed by atoms with Gasteiger partial charge in [0.15, 0.2) is 0 Å². The summed E-state index contributed by atoms with van der Waals surface area (Å²) >= 11 is 1.63. The van der Waals surface area contributed by atoms with Gasteiger partial charge in [0.1, 0.15) is 18.8 Å². The van der Waals surface area contributed by atoms with E-state index in [-0.39, 0.29) is 5.91 Å². The lowest BCUT2D eigenvalue weighted by Crippen LogP contribution is -3.14. The second-order valence-corrected chi connectivity index (χ2v) is 5.81. The van der Waals surface area contributed by atoms with Crippen molar-refractivity contribution in [2.24, 2.45) is 0 Å². The van der Waals surface area contributed by atoms with E-state index in [9.17, 15) is 4.79 Å². The number of carbonyl (C=O) groups is 1. The van der Waals surface area contributed by atoms with Crippen molar-refractivity contribution in [1.29, 1.82) is 0 Å². The molecule has 5 nitrogen and oxygen atoms in total. The van der Waals surface area contributed by atoms with Gasteiger partial charge in [-0.2, -0.15) is 0 Å². The van der Waals surface area contributed by atoms with Crippen LogP contribution in [0.3, 0.4) is 0 Å². The Hall–Kier alpha value is -1.24. The third-order valence-electron chi connectivity index (χ3n) is 3.62. The van der Waals surface area contributed by atoms with Crippen molar-refractivity contribution in [3.05, 3.63) is 23.8 Å². The van der Waals surface area contributed by atoms with Crippen molar-refractivity contribution in [2.45, 2.75) is 4.90 Å². The SMILES string of the molecule is COc1cc(SC)ccc1C(=O)NCC[NH+]1CCOCC1. The third-order valence-corrected chi connectivity index (χ3v) is 4.34. The molecule has 1 heterocycles. The highest BCUT2D eigenvalue weighted by molar-refractivity contribution is 7.98. The molecule has 1 aliphatic rings. The molecule has 0 unspecified atom stereocenters. The summed E-state index contributed by atoms with van der Waals surface area (Å²) in [5, 5.41) is 2.97. The van der Waals surface area contributed by atoms with E-state index >= 15 is 0 Å². The fourth-order valence-electron chi connectivity index (χ4n) is 2.34. The first-order valence-corrected chi connectivity index (χ1v) is 8.38.